The van der Waals surface area contributed by atoms with Crippen molar-refractivity contribution >= 4 is 29.4 Å². The summed E-state index contributed by atoms with van der Waals surface area (Å²) in [6.07, 6.45) is 1.51. The molecule has 0 N–H and O–H groups in total. The van der Waals surface area contributed by atoms with Crippen LogP contribution in [0.5, 0.6) is 23.0 Å². The second kappa shape index (κ2) is 8.26. The zero-order valence-electron chi connectivity index (χ0n) is 15.3. The number of hydrogen-bond donors (Lipinski definition) is 1. The summed E-state index contributed by atoms with van der Waals surface area (Å²) in [7, 11) is 2.99. The number of fused-ring (bicyclic) bond motifs is 1. The van der Waals surface area contributed by atoms with Gasteiger partial charge in [-0.2, -0.15) is 0 Å². The van der Waals surface area contributed by atoms with E-state index in [0.717, 1.165) is 4.90 Å². The molecule has 6 nitrogen and oxygen atoms in total. The average Bonchev–Trinajstić information content (AvgIpc) is 3.14. The molecule has 3 aromatic rings. The highest BCUT2D eigenvalue weighted by Crippen LogP contribution is 2.46. The van der Waals surface area contributed by atoms with E-state index in [-0.39, 0.29) is 24.7 Å². The minimum atomic E-state index is -0.204. The van der Waals surface area contributed by atoms with E-state index in [9.17, 15) is 4.79 Å². The number of thiol groups is 1. The van der Waals surface area contributed by atoms with E-state index >= 15 is 0 Å². The van der Waals surface area contributed by atoms with Crippen LogP contribution in [0.15, 0.2) is 45.9 Å². The van der Waals surface area contributed by atoms with Crippen LogP contribution in [0, 0.1) is 0 Å². The lowest BCUT2D eigenvalue weighted by Gasteiger charge is -2.17. The van der Waals surface area contributed by atoms with Crippen molar-refractivity contribution in [1.82, 2.24) is 0 Å². The second-order valence-electron chi connectivity index (χ2n) is 5.65. The van der Waals surface area contributed by atoms with Crippen molar-refractivity contribution in [1.29, 1.82) is 0 Å². The number of carbonyl (C=O) groups excluding carboxylic acids is 1. The molecule has 0 saturated heterocycles. The maximum Gasteiger partial charge on any atom is 0.205 e. The fraction of sp³-hybridized carbons (Fsp3) is 0.250. The van der Waals surface area contributed by atoms with Crippen molar-refractivity contribution in [2.45, 2.75) is 11.8 Å². The first-order valence-corrected chi connectivity index (χ1v) is 8.72. The molecule has 0 aliphatic rings. The summed E-state index contributed by atoms with van der Waals surface area (Å²) in [5.41, 5.74) is 0.758. The van der Waals surface area contributed by atoms with Crippen LogP contribution < -0.4 is 18.9 Å². The Kier molecular flexibility index (Phi) is 5.81. The van der Waals surface area contributed by atoms with Gasteiger partial charge < -0.3 is 23.4 Å². The molecule has 1 heterocycles. The van der Waals surface area contributed by atoms with E-state index in [4.69, 9.17) is 23.4 Å². The second-order valence-corrected chi connectivity index (χ2v) is 6.14. The number of hydrogen-bond acceptors (Lipinski definition) is 7. The molecule has 7 heteroatoms. The number of ether oxygens (including phenoxy) is 4. The lowest BCUT2D eigenvalue weighted by atomic mass is 10.0. The maximum absolute atomic E-state index is 12.3. The van der Waals surface area contributed by atoms with Crippen molar-refractivity contribution in [3.8, 4) is 23.0 Å². The summed E-state index contributed by atoms with van der Waals surface area (Å²) in [5, 5.41) is 0.646. The Morgan fingerprint density at radius 1 is 1.00 bits per heavy atom. The lowest BCUT2D eigenvalue weighted by Crippen LogP contribution is -2.12. The number of benzene rings is 2. The van der Waals surface area contributed by atoms with Gasteiger partial charge in [-0.15, -0.1) is 12.6 Å². The monoisotopic (exact) mass is 388 g/mol. The Balaban J connectivity index is 1.89. The van der Waals surface area contributed by atoms with Gasteiger partial charge in [0.2, 0.25) is 5.75 Å². The quantitative estimate of drug-likeness (QED) is 0.350. The number of Topliss-reactive ketones (excluding diaryl/α,β-unsaturated/α-hetero) is 1. The Morgan fingerprint density at radius 3 is 2.37 bits per heavy atom. The fourth-order valence-electron chi connectivity index (χ4n) is 2.85. The minimum Gasteiger partial charge on any atom is -0.495 e. The van der Waals surface area contributed by atoms with E-state index in [0.29, 0.717) is 33.8 Å². The van der Waals surface area contributed by atoms with Crippen LogP contribution in [0.4, 0.5) is 0 Å². The Morgan fingerprint density at radius 2 is 1.70 bits per heavy atom. The van der Waals surface area contributed by atoms with Gasteiger partial charge in [-0.3, -0.25) is 4.79 Å². The summed E-state index contributed by atoms with van der Waals surface area (Å²) in [6.45, 7) is 1.90. The molecule has 0 radical (unpaired) electrons. The molecule has 27 heavy (non-hydrogen) atoms. The van der Waals surface area contributed by atoms with Gasteiger partial charge in [-0.05, 0) is 25.1 Å². The van der Waals surface area contributed by atoms with Crippen molar-refractivity contribution in [3.05, 3.63) is 42.2 Å². The Labute approximate surface area is 162 Å². The summed E-state index contributed by atoms with van der Waals surface area (Å²) in [6, 6.07) is 9.12. The van der Waals surface area contributed by atoms with Crippen LogP contribution in [0.1, 0.15) is 17.3 Å². The highest BCUT2D eigenvalue weighted by atomic mass is 32.1. The molecule has 2 aromatic carbocycles. The highest BCUT2D eigenvalue weighted by molar-refractivity contribution is 7.80. The third-order valence-corrected chi connectivity index (χ3v) is 4.36. The zero-order valence-corrected chi connectivity index (χ0v) is 16.2. The van der Waals surface area contributed by atoms with Gasteiger partial charge in [0.25, 0.3) is 0 Å². The Hall–Kier alpha value is -2.80. The number of carbonyl (C=O) groups is 1. The summed E-state index contributed by atoms with van der Waals surface area (Å²) in [4.78, 5) is 13.0. The lowest BCUT2D eigenvalue weighted by molar-refractivity contribution is 0.100. The molecule has 0 bridgehead atoms. The molecule has 0 aliphatic heterocycles. The van der Waals surface area contributed by atoms with Crippen LogP contribution in [0.2, 0.25) is 0 Å². The van der Waals surface area contributed by atoms with Crippen LogP contribution in [0.3, 0.4) is 0 Å². The third-order valence-electron chi connectivity index (χ3n) is 3.99. The van der Waals surface area contributed by atoms with E-state index < -0.39 is 0 Å². The number of ketones is 1. The van der Waals surface area contributed by atoms with Gasteiger partial charge in [0.05, 0.1) is 25.9 Å². The molecular formula is C20H20O6S. The first kappa shape index (κ1) is 19.0. The smallest absolute Gasteiger partial charge is 0.205 e. The van der Waals surface area contributed by atoms with Gasteiger partial charge in [-0.1, -0.05) is 12.1 Å². The summed E-state index contributed by atoms with van der Waals surface area (Å²) >= 11 is 4.34. The highest BCUT2D eigenvalue weighted by Gasteiger charge is 2.27. The summed E-state index contributed by atoms with van der Waals surface area (Å²) in [5.74, 6) is 1.46. The van der Waals surface area contributed by atoms with Gasteiger partial charge >= 0.3 is 0 Å². The zero-order chi connectivity index (χ0) is 19.4. The first-order chi connectivity index (χ1) is 13.1. The molecule has 1 aromatic heterocycles. The molecule has 0 fully saturated rings. The Bertz CT molecular complexity index is 963. The summed E-state index contributed by atoms with van der Waals surface area (Å²) < 4.78 is 28.0. The normalized spacial score (nSPS) is 10.7. The van der Waals surface area contributed by atoms with E-state index in [1.807, 2.05) is 24.3 Å². The van der Waals surface area contributed by atoms with Gasteiger partial charge in [0.15, 0.2) is 17.1 Å². The van der Waals surface area contributed by atoms with Crippen molar-refractivity contribution in [2.75, 3.05) is 27.4 Å². The molecule has 0 saturated carbocycles. The molecule has 0 aliphatic carbocycles. The number of furan rings is 1. The van der Waals surface area contributed by atoms with E-state index in [1.54, 1.807) is 6.07 Å². The van der Waals surface area contributed by atoms with Crippen molar-refractivity contribution in [3.63, 3.8) is 0 Å². The molecular weight excluding hydrogens is 368 g/mol. The van der Waals surface area contributed by atoms with E-state index in [2.05, 4.69) is 12.6 Å². The molecule has 0 amide bonds. The van der Waals surface area contributed by atoms with Crippen molar-refractivity contribution < 1.29 is 28.2 Å². The molecule has 0 spiro atoms. The average molecular weight is 388 g/mol. The van der Waals surface area contributed by atoms with Crippen LogP contribution in [-0.2, 0) is 0 Å². The fourth-order valence-corrected chi connectivity index (χ4v) is 3.07. The van der Waals surface area contributed by atoms with E-state index in [1.165, 1.54) is 27.4 Å². The molecule has 0 unspecified atom stereocenters. The third kappa shape index (κ3) is 3.68. The maximum atomic E-state index is 12.3. The number of rotatable bonds is 8. The predicted molar refractivity (Wildman–Crippen MR) is 104 cm³/mol. The van der Waals surface area contributed by atoms with Gasteiger partial charge in [0, 0.05) is 4.90 Å². The minimum absolute atomic E-state index is 0.189. The molecule has 0 atom stereocenters. The van der Waals surface area contributed by atoms with Crippen LogP contribution in [-0.4, -0.2) is 33.2 Å². The molecule has 3 rings (SSSR count). The van der Waals surface area contributed by atoms with Gasteiger partial charge in [-0.25, -0.2) is 0 Å². The van der Waals surface area contributed by atoms with Crippen molar-refractivity contribution in [2.24, 2.45) is 0 Å². The largest absolute Gasteiger partial charge is 0.495 e. The first-order valence-electron chi connectivity index (χ1n) is 8.28. The van der Waals surface area contributed by atoms with Crippen LogP contribution >= 0.6 is 12.6 Å². The topological polar surface area (TPSA) is 67.1 Å². The standard InChI is InChI=1S/C20H20O6S/c1-12(21)16-17(22-2)13-8-9-25-18(13)20(23-3)19(16)26-11-10-24-14-6-4-5-7-15(14)27/h4-9,27H,10-11H2,1-3H3. The molecule has 142 valence electrons. The van der Waals surface area contributed by atoms with Crippen LogP contribution in [0.25, 0.3) is 11.0 Å². The SMILES string of the molecule is COc1c(C(C)=O)c(OCCOc2ccccc2S)c(OC)c2occc12. The predicted octanol–water partition coefficient (Wildman–Crippen LogP) is 4.40. The van der Waals surface area contributed by atoms with Gasteiger partial charge in [0.1, 0.15) is 30.3 Å². The number of para-hydroxylation sites is 1. The number of methoxy groups -OCH3 is 2.